The van der Waals surface area contributed by atoms with Gasteiger partial charge in [0, 0.05) is 29.4 Å². The molecule has 0 fully saturated rings. The molecular formula is C35H36Cl2N2O6. The number of cyclic esters (lactones) is 1. The first-order valence-electron chi connectivity index (χ1n) is 14.6. The quantitative estimate of drug-likeness (QED) is 0.159. The average molecular weight is 652 g/mol. The van der Waals surface area contributed by atoms with E-state index >= 15 is 0 Å². The molecule has 1 atom stereocenters. The van der Waals surface area contributed by atoms with Crippen LogP contribution in [0.3, 0.4) is 0 Å². The van der Waals surface area contributed by atoms with E-state index in [9.17, 15) is 4.79 Å². The number of carbonyl (C=O) groups excluding carboxylic acids is 1. The van der Waals surface area contributed by atoms with E-state index in [0.29, 0.717) is 50.4 Å². The van der Waals surface area contributed by atoms with Crippen LogP contribution in [0.25, 0.3) is 17.0 Å². The van der Waals surface area contributed by atoms with Crippen molar-refractivity contribution in [1.82, 2.24) is 4.98 Å². The Kier molecular flexibility index (Phi) is 9.95. The number of hydrogen-bond acceptors (Lipinski definition) is 7. The van der Waals surface area contributed by atoms with Crippen molar-refractivity contribution in [3.63, 3.8) is 0 Å². The monoisotopic (exact) mass is 650 g/mol. The highest BCUT2D eigenvalue weighted by Gasteiger charge is 2.26. The molecule has 0 saturated heterocycles. The largest absolute Gasteiger partial charge is 0.493 e. The molecule has 2 aliphatic rings. The fourth-order valence-electron chi connectivity index (χ4n) is 5.91. The van der Waals surface area contributed by atoms with E-state index in [0.717, 1.165) is 18.4 Å². The minimum atomic E-state index is -0.497. The zero-order chi connectivity index (χ0) is 32.2. The molecule has 8 nitrogen and oxygen atoms in total. The van der Waals surface area contributed by atoms with E-state index in [1.165, 1.54) is 54.8 Å². The number of methoxy groups -OCH3 is 4. The van der Waals surface area contributed by atoms with Crippen LogP contribution < -0.4 is 18.9 Å². The molecule has 6 rings (SSSR count). The Morgan fingerprint density at radius 1 is 0.933 bits per heavy atom. The molecule has 1 unspecified atom stereocenters. The third-order valence-corrected chi connectivity index (χ3v) is 8.85. The summed E-state index contributed by atoms with van der Waals surface area (Å²) in [5.41, 5.74) is 7.32. The van der Waals surface area contributed by atoms with Crippen molar-refractivity contribution in [2.24, 2.45) is 4.99 Å². The van der Waals surface area contributed by atoms with Crippen molar-refractivity contribution in [3.8, 4) is 23.0 Å². The average Bonchev–Trinajstić information content (AvgIpc) is 3.57. The summed E-state index contributed by atoms with van der Waals surface area (Å²) < 4.78 is 26.0. The molecule has 0 spiro atoms. The van der Waals surface area contributed by atoms with Crippen LogP contribution in [0.4, 0.5) is 0 Å². The molecule has 3 aromatic carbocycles. The number of aromatic amines is 1. The Balaban J connectivity index is 0.000000187. The summed E-state index contributed by atoms with van der Waals surface area (Å²) in [4.78, 5) is 19.1. The van der Waals surface area contributed by atoms with Crippen LogP contribution in [-0.4, -0.2) is 45.3 Å². The summed E-state index contributed by atoms with van der Waals surface area (Å²) in [5, 5.41) is 2.39. The number of aromatic nitrogens is 1. The molecule has 45 heavy (non-hydrogen) atoms. The van der Waals surface area contributed by atoms with Crippen molar-refractivity contribution in [2.75, 3.05) is 28.4 Å². The minimum Gasteiger partial charge on any atom is -0.493 e. The van der Waals surface area contributed by atoms with E-state index in [1.54, 1.807) is 39.4 Å². The van der Waals surface area contributed by atoms with Gasteiger partial charge in [-0.05, 0) is 85.7 Å². The molecule has 1 aliphatic carbocycles. The lowest BCUT2D eigenvalue weighted by molar-refractivity contribution is -0.130. The van der Waals surface area contributed by atoms with Crippen LogP contribution in [0.1, 0.15) is 53.6 Å². The summed E-state index contributed by atoms with van der Waals surface area (Å²) in [6, 6.07) is 14.1. The molecule has 0 radical (unpaired) electrons. The maximum atomic E-state index is 11.5. The number of rotatable bonds is 7. The van der Waals surface area contributed by atoms with Crippen LogP contribution in [0, 0.1) is 6.92 Å². The normalized spacial score (nSPS) is 16.4. The molecule has 0 saturated carbocycles. The summed E-state index contributed by atoms with van der Waals surface area (Å²) in [6.07, 6.45) is 5.98. The molecule has 2 heterocycles. The number of fused-ring (bicyclic) bond motifs is 3. The van der Waals surface area contributed by atoms with Gasteiger partial charge in [-0.15, -0.1) is 0 Å². The van der Waals surface area contributed by atoms with Crippen molar-refractivity contribution >= 4 is 52.0 Å². The zero-order valence-corrected chi connectivity index (χ0v) is 27.7. The van der Waals surface area contributed by atoms with Crippen molar-refractivity contribution in [1.29, 1.82) is 0 Å². The van der Waals surface area contributed by atoms with Crippen LogP contribution >= 0.6 is 23.2 Å². The predicted octanol–water partition coefficient (Wildman–Crippen LogP) is 8.48. The fraction of sp³-hybridized carbons (Fsp3) is 0.314. The maximum Gasteiger partial charge on any atom is 0.363 e. The van der Waals surface area contributed by atoms with Gasteiger partial charge in [-0.1, -0.05) is 40.9 Å². The Labute approximate surface area is 272 Å². The van der Waals surface area contributed by atoms with Gasteiger partial charge >= 0.3 is 5.97 Å². The van der Waals surface area contributed by atoms with E-state index < -0.39 is 5.97 Å². The number of halogens is 2. The number of ether oxygens (including phenoxy) is 5. The van der Waals surface area contributed by atoms with Gasteiger partial charge in [0.05, 0.1) is 38.5 Å². The highest BCUT2D eigenvalue weighted by molar-refractivity contribution is 6.34. The van der Waals surface area contributed by atoms with Crippen LogP contribution in [0.15, 0.2) is 53.2 Å². The Bertz CT molecular complexity index is 1810. The van der Waals surface area contributed by atoms with Crippen LogP contribution in [-0.2, 0) is 22.4 Å². The SMILES string of the molecule is COc1ccc(/C=C2\N=C(C)OC2=O)c(Cl)c1OC.COc1ccc(CC2CCCc3c2[nH]c2ccc(C)cc32)c(Cl)c1OC. The third-order valence-electron chi connectivity index (χ3n) is 8.05. The summed E-state index contributed by atoms with van der Waals surface area (Å²) in [6.45, 7) is 3.76. The second-order valence-corrected chi connectivity index (χ2v) is 11.6. The number of benzene rings is 3. The predicted molar refractivity (Wildman–Crippen MR) is 179 cm³/mol. The summed E-state index contributed by atoms with van der Waals surface area (Å²) in [5.74, 6) is 2.48. The summed E-state index contributed by atoms with van der Waals surface area (Å²) >= 11 is 12.8. The minimum absolute atomic E-state index is 0.201. The molecule has 236 valence electrons. The van der Waals surface area contributed by atoms with Gasteiger partial charge < -0.3 is 28.7 Å². The maximum absolute atomic E-state index is 11.5. The second kappa shape index (κ2) is 13.9. The Hall–Kier alpha value is -4.14. The molecule has 1 aromatic heterocycles. The lowest BCUT2D eigenvalue weighted by atomic mass is 9.83. The molecule has 4 aromatic rings. The van der Waals surface area contributed by atoms with Gasteiger partial charge in [0.25, 0.3) is 0 Å². The van der Waals surface area contributed by atoms with Gasteiger partial charge in [0.2, 0.25) is 0 Å². The molecular weight excluding hydrogens is 615 g/mol. The molecule has 1 aliphatic heterocycles. The first-order valence-corrected chi connectivity index (χ1v) is 15.3. The first kappa shape index (κ1) is 32.3. The number of aryl methyl sites for hydroxylation is 2. The first-order chi connectivity index (χ1) is 21.7. The van der Waals surface area contributed by atoms with Crippen molar-refractivity contribution < 1.29 is 28.5 Å². The smallest absolute Gasteiger partial charge is 0.363 e. The van der Waals surface area contributed by atoms with Crippen LogP contribution in [0.2, 0.25) is 10.0 Å². The van der Waals surface area contributed by atoms with Gasteiger partial charge in [0.1, 0.15) is 0 Å². The highest BCUT2D eigenvalue weighted by Crippen LogP contribution is 2.43. The number of aliphatic imine (C=N–C) groups is 1. The number of H-pyrrole nitrogens is 1. The standard InChI is InChI=1S/C22H24ClNO2.C13H12ClNO4/c1-13-7-9-18-17(11-13)16-6-4-5-15(21(16)24-18)12-14-8-10-19(25-2)22(26-3)20(14)23;1-7-15-9(13(16)19-7)6-8-4-5-10(17-2)12(18-3)11(8)14/h7-11,15,24H,4-6,12H2,1-3H3;4-6H,1-3H3/b;9-6-. The number of nitrogens with one attached hydrogen (secondary N) is 1. The molecule has 0 bridgehead atoms. The van der Waals surface area contributed by atoms with Crippen molar-refractivity contribution in [3.05, 3.63) is 86.2 Å². The van der Waals surface area contributed by atoms with Gasteiger partial charge in [-0.25, -0.2) is 9.79 Å². The van der Waals surface area contributed by atoms with Crippen LogP contribution in [0.5, 0.6) is 23.0 Å². The van der Waals surface area contributed by atoms with Gasteiger partial charge in [0.15, 0.2) is 34.6 Å². The van der Waals surface area contributed by atoms with E-state index in [1.807, 2.05) is 6.07 Å². The third kappa shape index (κ3) is 6.63. The molecule has 1 N–H and O–H groups in total. The van der Waals surface area contributed by atoms with E-state index in [2.05, 4.69) is 41.2 Å². The lowest BCUT2D eigenvalue weighted by Crippen LogP contribution is -2.12. The van der Waals surface area contributed by atoms with E-state index in [-0.39, 0.29) is 5.70 Å². The molecule has 10 heteroatoms. The lowest BCUT2D eigenvalue weighted by Gasteiger charge is -2.24. The van der Waals surface area contributed by atoms with Gasteiger partial charge in [-0.3, -0.25) is 0 Å². The fourth-order valence-corrected chi connectivity index (χ4v) is 6.50. The molecule has 0 amide bonds. The summed E-state index contributed by atoms with van der Waals surface area (Å²) in [7, 11) is 6.28. The zero-order valence-electron chi connectivity index (χ0n) is 26.2. The van der Waals surface area contributed by atoms with Gasteiger partial charge in [-0.2, -0.15) is 0 Å². The van der Waals surface area contributed by atoms with Crippen molar-refractivity contribution in [2.45, 2.75) is 45.4 Å². The number of esters is 1. The Morgan fingerprint density at radius 3 is 2.27 bits per heavy atom. The second-order valence-electron chi connectivity index (χ2n) is 10.9. The number of hydrogen-bond donors (Lipinski definition) is 1. The topological polar surface area (TPSA) is 91.4 Å². The number of carbonyl (C=O) groups is 1. The number of nitrogens with zero attached hydrogens (tertiary/aromatic N) is 1. The van der Waals surface area contributed by atoms with E-state index in [4.69, 9.17) is 46.9 Å². The Morgan fingerprint density at radius 2 is 1.62 bits per heavy atom. The highest BCUT2D eigenvalue weighted by atomic mass is 35.5.